The summed E-state index contributed by atoms with van der Waals surface area (Å²) in [6.45, 7) is 7.68. The second-order valence-corrected chi connectivity index (χ2v) is 5.26. The highest BCUT2D eigenvalue weighted by Gasteiger charge is 2.19. The lowest BCUT2D eigenvalue weighted by molar-refractivity contribution is -0.122. The number of hydrogen-bond donors (Lipinski definition) is 3. The Bertz CT molecular complexity index is 412. The lowest BCUT2D eigenvalue weighted by atomic mass is 10.1. The van der Waals surface area contributed by atoms with Gasteiger partial charge in [0.1, 0.15) is 17.7 Å². The highest BCUT2D eigenvalue weighted by atomic mass is 16.2. The molecule has 0 fully saturated rings. The molecule has 1 aromatic rings. The first-order valence-corrected chi connectivity index (χ1v) is 6.05. The summed E-state index contributed by atoms with van der Waals surface area (Å²) in [7, 11) is 1.81. The third-order valence-electron chi connectivity index (χ3n) is 2.26. The van der Waals surface area contributed by atoms with E-state index in [1.165, 1.54) is 0 Å². The Kier molecular flexibility index (Phi) is 4.53. The SMILES string of the molecule is CNc1cccc(NC(C)C(=O)NC(C)(C)C)n1. The van der Waals surface area contributed by atoms with Crippen molar-refractivity contribution in [2.24, 2.45) is 0 Å². The molecular weight excluding hydrogens is 228 g/mol. The fourth-order valence-corrected chi connectivity index (χ4v) is 1.42. The van der Waals surface area contributed by atoms with Gasteiger partial charge in [-0.05, 0) is 39.8 Å². The van der Waals surface area contributed by atoms with Crippen LogP contribution in [0.1, 0.15) is 27.7 Å². The highest BCUT2D eigenvalue weighted by molar-refractivity contribution is 5.84. The average Bonchev–Trinajstić information content (AvgIpc) is 2.27. The molecule has 5 heteroatoms. The smallest absolute Gasteiger partial charge is 0.242 e. The predicted molar refractivity (Wildman–Crippen MR) is 74.8 cm³/mol. The number of carbonyl (C=O) groups is 1. The van der Waals surface area contributed by atoms with Gasteiger partial charge in [0, 0.05) is 12.6 Å². The van der Waals surface area contributed by atoms with E-state index in [0.717, 1.165) is 5.82 Å². The lowest BCUT2D eigenvalue weighted by Crippen LogP contribution is -2.47. The Morgan fingerprint density at radius 3 is 2.44 bits per heavy atom. The highest BCUT2D eigenvalue weighted by Crippen LogP contribution is 2.10. The van der Waals surface area contributed by atoms with E-state index in [0.29, 0.717) is 5.82 Å². The topological polar surface area (TPSA) is 66.0 Å². The predicted octanol–water partition coefficient (Wildman–Crippen LogP) is 1.84. The Morgan fingerprint density at radius 1 is 1.28 bits per heavy atom. The molecular formula is C13H22N4O. The van der Waals surface area contributed by atoms with Crippen molar-refractivity contribution in [3.05, 3.63) is 18.2 Å². The van der Waals surface area contributed by atoms with Crippen molar-refractivity contribution in [3.63, 3.8) is 0 Å². The van der Waals surface area contributed by atoms with E-state index in [4.69, 9.17) is 0 Å². The van der Waals surface area contributed by atoms with Gasteiger partial charge in [-0.1, -0.05) is 6.07 Å². The number of anilines is 2. The third kappa shape index (κ3) is 4.61. The second kappa shape index (κ2) is 5.71. The lowest BCUT2D eigenvalue weighted by Gasteiger charge is -2.24. The van der Waals surface area contributed by atoms with Crippen LogP contribution in [-0.2, 0) is 4.79 Å². The van der Waals surface area contributed by atoms with Crippen LogP contribution in [0.4, 0.5) is 11.6 Å². The number of hydrogen-bond acceptors (Lipinski definition) is 4. The number of carbonyl (C=O) groups excluding carboxylic acids is 1. The molecule has 0 aliphatic carbocycles. The van der Waals surface area contributed by atoms with Crippen molar-refractivity contribution in [2.75, 3.05) is 17.7 Å². The van der Waals surface area contributed by atoms with Gasteiger partial charge in [0.15, 0.2) is 0 Å². The molecule has 5 nitrogen and oxygen atoms in total. The molecule has 0 aromatic carbocycles. The molecule has 0 aliphatic heterocycles. The summed E-state index contributed by atoms with van der Waals surface area (Å²) >= 11 is 0. The summed E-state index contributed by atoms with van der Waals surface area (Å²) < 4.78 is 0. The molecule has 0 bridgehead atoms. The molecule has 100 valence electrons. The minimum absolute atomic E-state index is 0.0424. The van der Waals surface area contributed by atoms with E-state index < -0.39 is 0 Å². The largest absolute Gasteiger partial charge is 0.373 e. The first-order chi connectivity index (χ1) is 8.31. The Morgan fingerprint density at radius 2 is 1.89 bits per heavy atom. The number of aromatic nitrogens is 1. The van der Waals surface area contributed by atoms with Crippen molar-refractivity contribution in [2.45, 2.75) is 39.3 Å². The molecule has 1 unspecified atom stereocenters. The second-order valence-electron chi connectivity index (χ2n) is 5.26. The molecule has 1 rings (SSSR count). The molecule has 1 atom stereocenters. The molecule has 1 amide bonds. The van der Waals surface area contributed by atoms with Crippen LogP contribution in [0.15, 0.2) is 18.2 Å². The number of pyridine rings is 1. The van der Waals surface area contributed by atoms with E-state index in [1.54, 1.807) is 0 Å². The number of nitrogens with one attached hydrogen (secondary N) is 3. The van der Waals surface area contributed by atoms with Crippen LogP contribution < -0.4 is 16.0 Å². The van der Waals surface area contributed by atoms with E-state index >= 15 is 0 Å². The third-order valence-corrected chi connectivity index (χ3v) is 2.26. The van der Waals surface area contributed by atoms with E-state index in [2.05, 4.69) is 20.9 Å². The van der Waals surface area contributed by atoms with Gasteiger partial charge in [0.05, 0.1) is 0 Å². The van der Waals surface area contributed by atoms with Gasteiger partial charge in [-0.15, -0.1) is 0 Å². The van der Waals surface area contributed by atoms with Gasteiger partial charge in [-0.25, -0.2) is 4.98 Å². The van der Waals surface area contributed by atoms with Crippen LogP contribution >= 0.6 is 0 Å². The van der Waals surface area contributed by atoms with Crippen LogP contribution in [0.25, 0.3) is 0 Å². The summed E-state index contributed by atoms with van der Waals surface area (Å²) in [5.41, 5.74) is -0.229. The van der Waals surface area contributed by atoms with E-state index in [9.17, 15) is 4.79 Å². The number of rotatable bonds is 4. The minimum Gasteiger partial charge on any atom is -0.373 e. The quantitative estimate of drug-likeness (QED) is 0.763. The van der Waals surface area contributed by atoms with Crippen LogP contribution in [-0.4, -0.2) is 29.5 Å². The van der Waals surface area contributed by atoms with Crippen LogP contribution in [0.3, 0.4) is 0 Å². The van der Waals surface area contributed by atoms with Crippen molar-refractivity contribution in [3.8, 4) is 0 Å². The minimum atomic E-state index is -0.330. The Labute approximate surface area is 108 Å². The van der Waals surface area contributed by atoms with Gasteiger partial charge < -0.3 is 16.0 Å². The first kappa shape index (κ1) is 14.3. The fraction of sp³-hybridized carbons (Fsp3) is 0.538. The summed E-state index contributed by atoms with van der Waals surface area (Å²) in [6.07, 6.45) is 0. The molecule has 0 spiro atoms. The molecule has 3 N–H and O–H groups in total. The van der Waals surface area contributed by atoms with Crippen molar-refractivity contribution in [1.82, 2.24) is 10.3 Å². The molecule has 0 aliphatic rings. The molecule has 1 aromatic heterocycles. The van der Waals surface area contributed by atoms with Crippen LogP contribution in [0, 0.1) is 0 Å². The zero-order valence-corrected chi connectivity index (χ0v) is 11.7. The van der Waals surface area contributed by atoms with Crippen molar-refractivity contribution >= 4 is 17.5 Å². The van der Waals surface area contributed by atoms with Crippen LogP contribution in [0.2, 0.25) is 0 Å². The van der Waals surface area contributed by atoms with Gasteiger partial charge in [-0.2, -0.15) is 0 Å². The molecule has 0 saturated carbocycles. The normalized spacial score (nSPS) is 12.7. The Balaban J connectivity index is 2.63. The average molecular weight is 250 g/mol. The maximum absolute atomic E-state index is 11.9. The van der Waals surface area contributed by atoms with Gasteiger partial charge in [-0.3, -0.25) is 4.79 Å². The van der Waals surface area contributed by atoms with Crippen LogP contribution in [0.5, 0.6) is 0 Å². The van der Waals surface area contributed by atoms with Crippen molar-refractivity contribution < 1.29 is 4.79 Å². The standard InChI is InChI=1S/C13H22N4O/c1-9(12(18)17-13(2,3)4)15-11-8-6-7-10(14-5)16-11/h6-9H,1-5H3,(H,17,18)(H2,14,15,16). The van der Waals surface area contributed by atoms with Gasteiger partial charge in [0.25, 0.3) is 0 Å². The molecule has 18 heavy (non-hydrogen) atoms. The monoisotopic (exact) mass is 250 g/mol. The van der Waals surface area contributed by atoms with E-state index in [1.807, 2.05) is 52.9 Å². The fourth-order valence-electron chi connectivity index (χ4n) is 1.42. The summed E-state index contributed by atoms with van der Waals surface area (Å²) in [5.74, 6) is 1.40. The van der Waals surface area contributed by atoms with Gasteiger partial charge >= 0.3 is 0 Å². The van der Waals surface area contributed by atoms with Crippen molar-refractivity contribution in [1.29, 1.82) is 0 Å². The summed E-state index contributed by atoms with van der Waals surface area (Å²) in [6, 6.07) is 5.26. The Hall–Kier alpha value is -1.78. The maximum atomic E-state index is 11.9. The van der Waals surface area contributed by atoms with Gasteiger partial charge in [0.2, 0.25) is 5.91 Å². The first-order valence-electron chi connectivity index (χ1n) is 6.05. The summed E-state index contributed by atoms with van der Waals surface area (Å²) in [5, 5.41) is 8.96. The maximum Gasteiger partial charge on any atom is 0.242 e. The number of nitrogens with zero attached hydrogens (tertiary/aromatic N) is 1. The molecule has 1 heterocycles. The summed E-state index contributed by atoms with van der Waals surface area (Å²) in [4.78, 5) is 16.2. The molecule has 0 saturated heterocycles. The zero-order valence-electron chi connectivity index (χ0n) is 11.7. The zero-order chi connectivity index (χ0) is 13.8. The number of amides is 1. The molecule has 0 radical (unpaired) electrons. The van der Waals surface area contributed by atoms with E-state index in [-0.39, 0.29) is 17.5 Å².